The van der Waals surface area contributed by atoms with Crippen LogP contribution in [0.3, 0.4) is 0 Å². The second-order valence-electron chi connectivity index (χ2n) is 4.22. The predicted octanol–water partition coefficient (Wildman–Crippen LogP) is 3.75. The summed E-state index contributed by atoms with van der Waals surface area (Å²) in [6, 6.07) is 14.4. The lowest BCUT2D eigenvalue weighted by Gasteiger charge is -2.18. The lowest BCUT2D eigenvalue weighted by molar-refractivity contribution is -0.149. The first kappa shape index (κ1) is 15.4. The molecule has 0 spiro atoms. The quantitative estimate of drug-likeness (QED) is 0.770. The summed E-state index contributed by atoms with van der Waals surface area (Å²) < 4.78 is 16.5. The van der Waals surface area contributed by atoms with Crippen molar-refractivity contribution in [3.8, 4) is 11.5 Å². The fourth-order valence-electron chi connectivity index (χ4n) is 1.82. The number of carbonyl (C=O) groups is 1. The molecule has 2 rings (SSSR count). The van der Waals surface area contributed by atoms with Gasteiger partial charge in [-0.3, -0.25) is 0 Å². The number of hydrogen-bond acceptors (Lipinski definition) is 4. The van der Waals surface area contributed by atoms with Gasteiger partial charge >= 0.3 is 5.97 Å². The van der Waals surface area contributed by atoms with E-state index in [1.807, 2.05) is 24.3 Å². The number of methoxy groups -OCH3 is 2. The van der Waals surface area contributed by atoms with Crippen molar-refractivity contribution in [2.45, 2.75) is 6.10 Å². The molecule has 2 aromatic rings. The summed E-state index contributed by atoms with van der Waals surface area (Å²) in [6.45, 7) is 0. The van der Waals surface area contributed by atoms with Crippen molar-refractivity contribution in [3.05, 3.63) is 58.6 Å². The van der Waals surface area contributed by atoms with E-state index in [2.05, 4.69) is 15.9 Å². The highest BCUT2D eigenvalue weighted by atomic mass is 79.9. The smallest absolute Gasteiger partial charge is 0.351 e. The normalized spacial score (nSPS) is 11.6. The predicted molar refractivity (Wildman–Crippen MR) is 82.5 cm³/mol. The first-order valence-corrected chi connectivity index (χ1v) is 7.08. The van der Waals surface area contributed by atoms with Crippen LogP contribution in [0.25, 0.3) is 0 Å². The molecule has 0 amide bonds. The van der Waals surface area contributed by atoms with Crippen molar-refractivity contribution < 1.29 is 19.0 Å². The summed E-state index contributed by atoms with van der Waals surface area (Å²) in [5.74, 6) is 0.817. The second kappa shape index (κ2) is 7.13. The molecule has 0 aliphatic heterocycles. The lowest BCUT2D eigenvalue weighted by atomic mass is 10.1. The third-order valence-electron chi connectivity index (χ3n) is 2.92. The largest absolute Gasteiger partial charge is 0.497 e. The monoisotopic (exact) mass is 350 g/mol. The molecule has 0 saturated heterocycles. The molecule has 0 aliphatic carbocycles. The molecule has 5 heteroatoms. The van der Waals surface area contributed by atoms with Gasteiger partial charge in [0.15, 0.2) is 0 Å². The van der Waals surface area contributed by atoms with E-state index in [4.69, 9.17) is 14.2 Å². The third-order valence-corrected chi connectivity index (χ3v) is 3.64. The number of hydrogen-bond donors (Lipinski definition) is 0. The summed E-state index contributed by atoms with van der Waals surface area (Å²) in [6.07, 6.45) is -0.834. The topological polar surface area (TPSA) is 44.8 Å². The van der Waals surface area contributed by atoms with Gasteiger partial charge in [0, 0.05) is 10.0 Å². The van der Waals surface area contributed by atoms with Crippen LogP contribution in [-0.4, -0.2) is 20.2 Å². The van der Waals surface area contributed by atoms with Gasteiger partial charge in [0.2, 0.25) is 6.10 Å². The van der Waals surface area contributed by atoms with Gasteiger partial charge in [-0.15, -0.1) is 0 Å². The van der Waals surface area contributed by atoms with Crippen molar-refractivity contribution in [2.75, 3.05) is 14.2 Å². The summed E-state index contributed by atoms with van der Waals surface area (Å²) in [7, 11) is 2.93. The summed E-state index contributed by atoms with van der Waals surface area (Å²) in [4.78, 5) is 12.0. The van der Waals surface area contributed by atoms with Gasteiger partial charge in [-0.05, 0) is 30.3 Å². The Bertz CT molecular complexity index is 610. The number of halogens is 1. The van der Waals surface area contributed by atoms with Crippen LogP contribution in [0.15, 0.2) is 53.0 Å². The fourth-order valence-corrected chi connectivity index (χ4v) is 2.32. The third kappa shape index (κ3) is 3.76. The molecule has 1 unspecified atom stereocenters. The van der Waals surface area contributed by atoms with Gasteiger partial charge < -0.3 is 14.2 Å². The lowest BCUT2D eigenvalue weighted by Crippen LogP contribution is -2.20. The Kier molecular flexibility index (Phi) is 5.22. The molecule has 0 N–H and O–H groups in total. The molecule has 21 heavy (non-hydrogen) atoms. The Morgan fingerprint density at radius 1 is 1.00 bits per heavy atom. The zero-order valence-corrected chi connectivity index (χ0v) is 13.3. The van der Waals surface area contributed by atoms with Gasteiger partial charge in [0.25, 0.3) is 0 Å². The number of carbonyl (C=O) groups excluding carboxylic acids is 1. The molecule has 1 atom stereocenters. The van der Waals surface area contributed by atoms with Crippen LogP contribution < -0.4 is 9.47 Å². The van der Waals surface area contributed by atoms with Crippen LogP contribution in [0, 0.1) is 0 Å². The van der Waals surface area contributed by atoms with Gasteiger partial charge in [0.1, 0.15) is 11.5 Å². The van der Waals surface area contributed by atoms with Crippen molar-refractivity contribution in [1.29, 1.82) is 0 Å². The Morgan fingerprint density at radius 3 is 2.19 bits per heavy atom. The molecular formula is C16H15BrO4. The van der Waals surface area contributed by atoms with E-state index < -0.39 is 12.1 Å². The first-order valence-electron chi connectivity index (χ1n) is 6.28. The average molecular weight is 351 g/mol. The van der Waals surface area contributed by atoms with Gasteiger partial charge in [0.05, 0.1) is 14.2 Å². The van der Waals surface area contributed by atoms with E-state index in [0.29, 0.717) is 11.3 Å². The van der Waals surface area contributed by atoms with Crippen molar-refractivity contribution in [3.63, 3.8) is 0 Å². The molecule has 0 fully saturated rings. The highest BCUT2D eigenvalue weighted by Crippen LogP contribution is 2.29. The molecule has 0 saturated carbocycles. The maximum Gasteiger partial charge on any atom is 0.351 e. The van der Waals surface area contributed by atoms with Crippen LogP contribution in [0.1, 0.15) is 11.7 Å². The van der Waals surface area contributed by atoms with Gasteiger partial charge in [-0.25, -0.2) is 4.79 Å². The first-order chi connectivity index (χ1) is 10.2. The van der Waals surface area contributed by atoms with Crippen molar-refractivity contribution >= 4 is 21.9 Å². The Hall–Kier alpha value is -2.01. The van der Waals surface area contributed by atoms with E-state index >= 15 is 0 Å². The summed E-state index contributed by atoms with van der Waals surface area (Å²) >= 11 is 3.42. The summed E-state index contributed by atoms with van der Waals surface area (Å²) in [5.41, 5.74) is 0.708. The molecule has 0 aliphatic rings. The molecule has 4 nitrogen and oxygen atoms in total. The molecule has 0 radical (unpaired) electrons. The van der Waals surface area contributed by atoms with Crippen LogP contribution in [0.4, 0.5) is 0 Å². The number of esters is 1. The van der Waals surface area contributed by atoms with Crippen molar-refractivity contribution in [1.82, 2.24) is 0 Å². The number of benzene rings is 2. The molecule has 2 aromatic carbocycles. The zero-order chi connectivity index (χ0) is 15.2. The molecule has 0 heterocycles. The van der Waals surface area contributed by atoms with Crippen molar-refractivity contribution in [2.24, 2.45) is 0 Å². The molecular weight excluding hydrogens is 336 g/mol. The fraction of sp³-hybridized carbons (Fsp3) is 0.188. The van der Waals surface area contributed by atoms with E-state index in [9.17, 15) is 4.79 Å². The van der Waals surface area contributed by atoms with Crippen LogP contribution >= 0.6 is 15.9 Å². The van der Waals surface area contributed by atoms with Gasteiger partial charge in [-0.1, -0.05) is 34.1 Å². The molecule has 0 bridgehead atoms. The molecule has 0 aromatic heterocycles. The minimum absolute atomic E-state index is 0.460. The summed E-state index contributed by atoms with van der Waals surface area (Å²) in [5, 5.41) is 0. The second-order valence-corrected chi connectivity index (χ2v) is 5.07. The number of ether oxygens (including phenoxy) is 3. The highest BCUT2D eigenvalue weighted by molar-refractivity contribution is 9.10. The van der Waals surface area contributed by atoms with Crippen LogP contribution in [-0.2, 0) is 9.53 Å². The maximum atomic E-state index is 12.0. The standard InChI is InChI=1S/C16H15BrO4/c1-19-11-7-9-12(10-8-11)21-15(16(18)20-2)13-5-3-4-6-14(13)17/h3-10,15H,1-2H3. The minimum Gasteiger partial charge on any atom is -0.497 e. The zero-order valence-electron chi connectivity index (χ0n) is 11.7. The minimum atomic E-state index is -0.834. The Balaban J connectivity index is 2.28. The maximum absolute atomic E-state index is 12.0. The van der Waals surface area contributed by atoms with E-state index in [1.54, 1.807) is 31.4 Å². The molecule has 110 valence electrons. The van der Waals surface area contributed by atoms with Crippen LogP contribution in [0.5, 0.6) is 11.5 Å². The van der Waals surface area contributed by atoms with E-state index in [-0.39, 0.29) is 0 Å². The Labute approximate surface area is 131 Å². The Morgan fingerprint density at radius 2 is 1.62 bits per heavy atom. The average Bonchev–Trinajstić information content (AvgIpc) is 2.53. The highest BCUT2D eigenvalue weighted by Gasteiger charge is 2.25. The van der Waals surface area contributed by atoms with Crippen LogP contribution in [0.2, 0.25) is 0 Å². The van der Waals surface area contributed by atoms with E-state index in [0.717, 1.165) is 10.2 Å². The van der Waals surface area contributed by atoms with E-state index in [1.165, 1.54) is 7.11 Å². The van der Waals surface area contributed by atoms with Gasteiger partial charge in [-0.2, -0.15) is 0 Å². The SMILES string of the molecule is COC(=O)C(Oc1ccc(OC)cc1)c1ccccc1Br. The number of rotatable bonds is 5.